The van der Waals surface area contributed by atoms with E-state index in [1.165, 1.54) is 29.8 Å². The van der Waals surface area contributed by atoms with E-state index in [0.29, 0.717) is 31.9 Å². The van der Waals surface area contributed by atoms with Crippen molar-refractivity contribution in [2.45, 2.75) is 32.2 Å². The quantitative estimate of drug-likeness (QED) is 0.805. The third kappa shape index (κ3) is 4.24. The number of piperidine rings is 1. The zero-order valence-corrected chi connectivity index (χ0v) is 15.8. The lowest BCUT2D eigenvalue weighted by atomic mass is 10.1. The number of furan rings is 1. The minimum absolute atomic E-state index is 0.162. The molecule has 1 aromatic rings. The van der Waals surface area contributed by atoms with Crippen LogP contribution in [0.3, 0.4) is 0 Å². The van der Waals surface area contributed by atoms with E-state index in [2.05, 4.69) is 11.8 Å². The molecule has 7 nitrogen and oxygen atoms in total. The van der Waals surface area contributed by atoms with Crippen LogP contribution >= 0.6 is 0 Å². The molecule has 3 heterocycles. The van der Waals surface area contributed by atoms with Crippen molar-refractivity contribution in [3.63, 3.8) is 0 Å². The predicted octanol–water partition coefficient (Wildman–Crippen LogP) is 1.54. The zero-order valence-electron chi connectivity index (χ0n) is 15.0. The first-order chi connectivity index (χ1) is 11.9. The number of hydrogen-bond donors (Lipinski definition) is 0. The van der Waals surface area contributed by atoms with Gasteiger partial charge in [-0.2, -0.15) is 4.31 Å². The first kappa shape index (κ1) is 18.4. The summed E-state index contributed by atoms with van der Waals surface area (Å²) in [4.78, 5) is 16.7. The van der Waals surface area contributed by atoms with Crippen LogP contribution in [0.2, 0.25) is 0 Å². The van der Waals surface area contributed by atoms with Crippen molar-refractivity contribution in [3.05, 3.63) is 23.7 Å². The number of amides is 1. The molecule has 1 amide bonds. The Labute approximate surface area is 149 Å². The summed E-state index contributed by atoms with van der Waals surface area (Å²) in [7, 11) is -3.19. The molecule has 2 saturated heterocycles. The number of likely N-dealkylation sites (tertiary alicyclic amines) is 1. The highest BCUT2D eigenvalue weighted by atomic mass is 32.2. The zero-order chi connectivity index (χ0) is 18.0. The molecule has 0 unspecified atom stereocenters. The molecule has 1 aromatic heterocycles. The van der Waals surface area contributed by atoms with Crippen molar-refractivity contribution in [1.29, 1.82) is 0 Å². The van der Waals surface area contributed by atoms with Gasteiger partial charge in [-0.3, -0.25) is 9.69 Å². The van der Waals surface area contributed by atoms with Gasteiger partial charge in [0, 0.05) is 26.2 Å². The number of carbonyl (C=O) groups is 1. The fourth-order valence-electron chi connectivity index (χ4n) is 3.56. The third-order valence-corrected chi connectivity index (χ3v) is 6.49. The summed E-state index contributed by atoms with van der Waals surface area (Å²) in [5, 5.41) is 0. The van der Waals surface area contributed by atoms with Gasteiger partial charge in [0.15, 0.2) is 5.76 Å². The highest BCUT2D eigenvalue weighted by Gasteiger charge is 2.29. The van der Waals surface area contributed by atoms with E-state index in [-0.39, 0.29) is 11.9 Å². The molecule has 3 rings (SSSR count). The van der Waals surface area contributed by atoms with Crippen LogP contribution < -0.4 is 0 Å². The summed E-state index contributed by atoms with van der Waals surface area (Å²) in [5.74, 6) is 0.997. The monoisotopic (exact) mass is 369 g/mol. The van der Waals surface area contributed by atoms with Crippen LogP contribution in [0.4, 0.5) is 0 Å². The SMILES string of the molecule is C[C@H](c1ccc(C(=O)N2CCN(S(C)(=O)=O)CC2)o1)N1CCCCC1. The Morgan fingerprint density at radius 1 is 1.04 bits per heavy atom. The van der Waals surface area contributed by atoms with E-state index in [1.54, 1.807) is 11.0 Å². The van der Waals surface area contributed by atoms with E-state index in [0.717, 1.165) is 18.8 Å². The molecular formula is C17H27N3O4S. The topological polar surface area (TPSA) is 74.1 Å². The molecule has 0 saturated carbocycles. The summed E-state index contributed by atoms with van der Waals surface area (Å²) < 4.78 is 30.4. The van der Waals surface area contributed by atoms with Crippen molar-refractivity contribution in [2.24, 2.45) is 0 Å². The summed E-state index contributed by atoms with van der Waals surface area (Å²) in [6.45, 7) is 5.71. The number of hydrogen-bond acceptors (Lipinski definition) is 5. The summed E-state index contributed by atoms with van der Waals surface area (Å²) in [6, 6.07) is 3.80. The smallest absolute Gasteiger partial charge is 0.289 e. The van der Waals surface area contributed by atoms with Crippen molar-refractivity contribution in [3.8, 4) is 0 Å². The first-order valence-electron chi connectivity index (χ1n) is 8.94. The van der Waals surface area contributed by atoms with Gasteiger partial charge in [0.2, 0.25) is 10.0 Å². The van der Waals surface area contributed by atoms with E-state index < -0.39 is 10.0 Å². The second-order valence-electron chi connectivity index (χ2n) is 6.93. The van der Waals surface area contributed by atoms with Crippen molar-refractivity contribution in [2.75, 3.05) is 45.5 Å². The standard InChI is InChI=1S/C17H27N3O4S/c1-14(18-8-4-3-5-9-18)15-6-7-16(24-15)17(21)19-10-12-20(13-11-19)25(2,22)23/h6-7,14H,3-5,8-13H2,1-2H3/t14-/m1/s1. The average Bonchev–Trinajstić information content (AvgIpc) is 3.10. The van der Waals surface area contributed by atoms with Gasteiger partial charge in [0.25, 0.3) is 5.91 Å². The number of nitrogens with zero attached hydrogens (tertiary/aromatic N) is 3. The molecule has 2 aliphatic rings. The Bertz CT molecular complexity index is 701. The molecule has 1 atom stereocenters. The number of sulfonamides is 1. The molecule has 0 N–H and O–H groups in total. The Morgan fingerprint density at radius 2 is 1.68 bits per heavy atom. The number of rotatable bonds is 4. The molecular weight excluding hydrogens is 342 g/mol. The van der Waals surface area contributed by atoms with E-state index in [9.17, 15) is 13.2 Å². The average molecular weight is 369 g/mol. The first-order valence-corrected chi connectivity index (χ1v) is 10.8. The van der Waals surface area contributed by atoms with Crippen LogP contribution in [0.15, 0.2) is 16.5 Å². The fraction of sp³-hybridized carbons (Fsp3) is 0.706. The molecule has 8 heteroatoms. The van der Waals surface area contributed by atoms with Crippen LogP contribution in [-0.2, 0) is 10.0 Å². The maximum absolute atomic E-state index is 12.6. The maximum Gasteiger partial charge on any atom is 0.289 e. The fourth-order valence-corrected chi connectivity index (χ4v) is 4.38. The number of piperazine rings is 1. The van der Waals surface area contributed by atoms with Crippen molar-refractivity contribution in [1.82, 2.24) is 14.1 Å². The molecule has 0 bridgehead atoms. The lowest BCUT2D eigenvalue weighted by molar-refractivity contribution is 0.0659. The van der Waals surface area contributed by atoms with Crippen LogP contribution in [-0.4, -0.2) is 74.0 Å². The normalized spacial score (nSPS) is 22.1. The van der Waals surface area contributed by atoms with E-state index in [4.69, 9.17) is 4.42 Å². The second-order valence-corrected chi connectivity index (χ2v) is 8.91. The van der Waals surface area contributed by atoms with Gasteiger partial charge in [-0.15, -0.1) is 0 Å². The Kier molecular flexibility index (Phi) is 5.50. The molecule has 2 fully saturated rings. The molecule has 0 spiro atoms. The molecule has 0 radical (unpaired) electrons. The van der Waals surface area contributed by atoms with Crippen molar-refractivity contribution < 1.29 is 17.6 Å². The third-order valence-electron chi connectivity index (χ3n) is 5.18. The van der Waals surface area contributed by atoms with Gasteiger partial charge >= 0.3 is 0 Å². The summed E-state index contributed by atoms with van der Waals surface area (Å²) in [6.07, 6.45) is 4.90. The van der Waals surface area contributed by atoms with Crippen molar-refractivity contribution >= 4 is 15.9 Å². The van der Waals surface area contributed by atoms with Crippen LogP contribution in [0.5, 0.6) is 0 Å². The van der Waals surface area contributed by atoms with Gasteiger partial charge in [-0.05, 0) is 45.0 Å². The van der Waals surface area contributed by atoms with Gasteiger partial charge in [0.05, 0.1) is 12.3 Å². The molecule has 0 aromatic carbocycles. The van der Waals surface area contributed by atoms with E-state index >= 15 is 0 Å². The molecule has 0 aliphatic carbocycles. The predicted molar refractivity (Wildman–Crippen MR) is 94.9 cm³/mol. The largest absolute Gasteiger partial charge is 0.454 e. The Balaban J connectivity index is 1.61. The lowest BCUT2D eigenvalue weighted by Crippen LogP contribution is -2.50. The molecule has 140 valence electrons. The van der Waals surface area contributed by atoms with Gasteiger partial charge < -0.3 is 9.32 Å². The molecule has 2 aliphatic heterocycles. The lowest BCUT2D eigenvalue weighted by Gasteiger charge is -2.33. The van der Waals surface area contributed by atoms with Crippen LogP contribution in [0.1, 0.15) is 48.5 Å². The van der Waals surface area contributed by atoms with Gasteiger partial charge in [-0.25, -0.2) is 8.42 Å². The van der Waals surface area contributed by atoms with Gasteiger partial charge in [-0.1, -0.05) is 6.42 Å². The van der Waals surface area contributed by atoms with Gasteiger partial charge in [0.1, 0.15) is 5.76 Å². The second kappa shape index (κ2) is 7.47. The minimum atomic E-state index is -3.19. The highest BCUT2D eigenvalue weighted by Crippen LogP contribution is 2.26. The summed E-state index contributed by atoms with van der Waals surface area (Å²) in [5.41, 5.74) is 0. The Morgan fingerprint density at radius 3 is 2.28 bits per heavy atom. The Hall–Kier alpha value is -1.38. The number of carbonyl (C=O) groups excluding carboxylic acids is 1. The molecule has 25 heavy (non-hydrogen) atoms. The summed E-state index contributed by atoms with van der Waals surface area (Å²) >= 11 is 0. The van der Waals surface area contributed by atoms with E-state index in [1.807, 2.05) is 6.07 Å². The highest BCUT2D eigenvalue weighted by molar-refractivity contribution is 7.88. The van der Waals surface area contributed by atoms with Crippen LogP contribution in [0.25, 0.3) is 0 Å². The minimum Gasteiger partial charge on any atom is -0.454 e. The van der Waals surface area contributed by atoms with Crippen LogP contribution in [0, 0.1) is 0 Å². The maximum atomic E-state index is 12.6.